The second-order valence-electron chi connectivity index (χ2n) is 5.05. The number of aryl methyl sites for hydroxylation is 1. The second kappa shape index (κ2) is 4.89. The molecule has 18 heavy (non-hydrogen) atoms. The van der Waals surface area contributed by atoms with Crippen LogP contribution in [0.5, 0.6) is 0 Å². The quantitative estimate of drug-likeness (QED) is 0.797. The van der Waals surface area contributed by atoms with Crippen LogP contribution in [0.15, 0.2) is 48.4 Å². The average Bonchev–Trinajstić information content (AvgIpc) is 2.60. The van der Waals surface area contributed by atoms with Gasteiger partial charge in [0.15, 0.2) is 5.60 Å². The molecule has 0 bridgehead atoms. The highest BCUT2D eigenvalue weighted by molar-refractivity contribution is 5.27. The van der Waals surface area contributed by atoms with Gasteiger partial charge >= 0.3 is 0 Å². The van der Waals surface area contributed by atoms with Crippen molar-refractivity contribution in [2.75, 3.05) is 0 Å². The average molecular weight is 244 g/mol. The van der Waals surface area contributed by atoms with Gasteiger partial charge in [0, 0.05) is 6.08 Å². The van der Waals surface area contributed by atoms with Gasteiger partial charge in [-0.15, -0.1) is 0 Å². The first-order valence-corrected chi connectivity index (χ1v) is 6.32. The lowest BCUT2D eigenvalue weighted by molar-refractivity contribution is 0.0321. The van der Waals surface area contributed by atoms with Crippen LogP contribution in [0.3, 0.4) is 0 Å². The molecule has 0 saturated heterocycles. The molecule has 2 rings (SSSR count). The molecule has 0 amide bonds. The number of ether oxygens (including phenoxy) is 2. The third-order valence-electron chi connectivity index (χ3n) is 3.10. The SMILES string of the molecule is C=C1C=C(OCc2ccc(CC)cc2)C(C)(C)O1. The molecule has 1 aromatic rings. The normalized spacial score (nSPS) is 17.3. The Bertz CT molecular complexity index is 466. The van der Waals surface area contributed by atoms with E-state index in [0.29, 0.717) is 12.4 Å². The van der Waals surface area contributed by atoms with Crippen LogP contribution in [0.2, 0.25) is 0 Å². The maximum Gasteiger partial charge on any atom is 0.160 e. The Hall–Kier alpha value is -1.70. The summed E-state index contributed by atoms with van der Waals surface area (Å²) in [6, 6.07) is 8.50. The Kier molecular flexibility index (Phi) is 3.46. The summed E-state index contributed by atoms with van der Waals surface area (Å²) in [4.78, 5) is 0. The summed E-state index contributed by atoms with van der Waals surface area (Å²) in [5.74, 6) is 1.50. The van der Waals surface area contributed by atoms with Gasteiger partial charge in [-0.1, -0.05) is 37.8 Å². The summed E-state index contributed by atoms with van der Waals surface area (Å²) in [6.45, 7) is 10.5. The molecule has 96 valence electrons. The Morgan fingerprint density at radius 2 is 1.78 bits per heavy atom. The van der Waals surface area contributed by atoms with Crippen molar-refractivity contribution in [3.8, 4) is 0 Å². The first kappa shape index (κ1) is 12.7. The minimum atomic E-state index is -0.402. The van der Waals surface area contributed by atoms with Crippen LogP contribution in [0, 0.1) is 0 Å². The number of allylic oxidation sites excluding steroid dienone is 1. The second-order valence-corrected chi connectivity index (χ2v) is 5.05. The minimum absolute atomic E-state index is 0.402. The van der Waals surface area contributed by atoms with E-state index in [-0.39, 0.29) is 0 Å². The van der Waals surface area contributed by atoms with Crippen molar-refractivity contribution in [2.24, 2.45) is 0 Å². The summed E-state index contributed by atoms with van der Waals surface area (Å²) in [5.41, 5.74) is 2.11. The van der Waals surface area contributed by atoms with E-state index >= 15 is 0 Å². The molecular weight excluding hydrogens is 224 g/mol. The third kappa shape index (κ3) is 2.76. The van der Waals surface area contributed by atoms with Crippen molar-refractivity contribution < 1.29 is 9.47 Å². The van der Waals surface area contributed by atoms with Crippen molar-refractivity contribution in [3.63, 3.8) is 0 Å². The highest BCUT2D eigenvalue weighted by Crippen LogP contribution is 2.32. The lowest BCUT2D eigenvalue weighted by atomic mass is 10.1. The van der Waals surface area contributed by atoms with Crippen LogP contribution in [-0.4, -0.2) is 5.60 Å². The molecule has 0 aliphatic carbocycles. The Labute approximate surface area is 109 Å². The predicted molar refractivity (Wildman–Crippen MR) is 73.0 cm³/mol. The van der Waals surface area contributed by atoms with Crippen LogP contribution >= 0.6 is 0 Å². The standard InChI is InChI=1S/C16H20O2/c1-5-13-6-8-14(9-7-13)11-17-15-10-12(2)18-16(15,3)4/h6-10H,2,5,11H2,1,3-4H3. The first-order chi connectivity index (χ1) is 8.51. The highest BCUT2D eigenvalue weighted by atomic mass is 16.6. The van der Waals surface area contributed by atoms with Gasteiger partial charge < -0.3 is 9.47 Å². The summed E-state index contributed by atoms with van der Waals surface area (Å²) in [6.07, 6.45) is 2.92. The predicted octanol–water partition coefficient (Wildman–Crippen LogP) is 3.97. The molecule has 1 aliphatic rings. The molecular formula is C16H20O2. The zero-order valence-electron chi connectivity index (χ0n) is 11.3. The molecule has 0 saturated carbocycles. The maximum atomic E-state index is 5.82. The Balaban J connectivity index is 1.99. The van der Waals surface area contributed by atoms with Crippen LogP contribution in [-0.2, 0) is 22.5 Å². The van der Waals surface area contributed by atoms with E-state index < -0.39 is 5.60 Å². The van der Waals surface area contributed by atoms with Gasteiger partial charge in [-0.2, -0.15) is 0 Å². The van der Waals surface area contributed by atoms with Crippen LogP contribution in [0.25, 0.3) is 0 Å². The molecule has 0 N–H and O–H groups in total. The van der Waals surface area contributed by atoms with Gasteiger partial charge in [0.05, 0.1) is 0 Å². The minimum Gasteiger partial charge on any atom is -0.489 e. The summed E-state index contributed by atoms with van der Waals surface area (Å²) >= 11 is 0. The first-order valence-electron chi connectivity index (χ1n) is 6.32. The third-order valence-corrected chi connectivity index (χ3v) is 3.10. The fourth-order valence-electron chi connectivity index (χ4n) is 1.98. The molecule has 0 fully saturated rings. The van der Waals surface area contributed by atoms with E-state index in [1.165, 1.54) is 11.1 Å². The summed E-state index contributed by atoms with van der Waals surface area (Å²) in [7, 11) is 0. The summed E-state index contributed by atoms with van der Waals surface area (Å²) in [5, 5.41) is 0. The number of rotatable bonds is 4. The molecule has 1 heterocycles. The van der Waals surface area contributed by atoms with Crippen molar-refractivity contribution >= 4 is 0 Å². The van der Waals surface area contributed by atoms with E-state index in [9.17, 15) is 0 Å². The number of hydrogen-bond donors (Lipinski definition) is 0. The van der Waals surface area contributed by atoms with Gasteiger partial charge in [-0.05, 0) is 31.4 Å². The molecule has 2 heteroatoms. The van der Waals surface area contributed by atoms with Gasteiger partial charge in [0.25, 0.3) is 0 Å². The van der Waals surface area contributed by atoms with Crippen LogP contribution in [0.1, 0.15) is 31.9 Å². The van der Waals surface area contributed by atoms with Crippen molar-refractivity contribution in [1.82, 2.24) is 0 Å². The monoisotopic (exact) mass is 244 g/mol. The van der Waals surface area contributed by atoms with Crippen molar-refractivity contribution in [3.05, 3.63) is 59.6 Å². The molecule has 0 radical (unpaired) electrons. The fourth-order valence-corrected chi connectivity index (χ4v) is 1.98. The molecule has 0 atom stereocenters. The summed E-state index contributed by atoms with van der Waals surface area (Å²) < 4.78 is 11.4. The van der Waals surface area contributed by atoms with E-state index in [4.69, 9.17) is 9.47 Å². The molecule has 1 aromatic carbocycles. The van der Waals surface area contributed by atoms with Gasteiger partial charge in [-0.25, -0.2) is 0 Å². The number of benzene rings is 1. The van der Waals surface area contributed by atoms with Crippen LogP contribution < -0.4 is 0 Å². The molecule has 1 aliphatic heterocycles. The lowest BCUT2D eigenvalue weighted by Gasteiger charge is -2.22. The smallest absolute Gasteiger partial charge is 0.160 e. The highest BCUT2D eigenvalue weighted by Gasteiger charge is 2.32. The van der Waals surface area contributed by atoms with E-state index in [0.717, 1.165) is 12.2 Å². The van der Waals surface area contributed by atoms with Gasteiger partial charge in [-0.3, -0.25) is 0 Å². The lowest BCUT2D eigenvalue weighted by Crippen LogP contribution is -2.23. The topological polar surface area (TPSA) is 18.5 Å². The maximum absolute atomic E-state index is 5.82. The van der Waals surface area contributed by atoms with Crippen molar-refractivity contribution in [1.29, 1.82) is 0 Å². The molecule has 0 spiro atoms. The van der Waals surface area contributed by atoms with Gasteiger partial charge in [0.2, 0.25) is 0 Å². The molecule has 2 nitrogen and oxygen atoms in total. The molecule has 0 unspecified atom stereocenters. The zero-order valence-corrected chi connectivity index (χ0v) is 11.3. The zero-order chi connectivity index (χ0) is 13.2. The Morgan fingerprint density at radius 1 is 1.17 bits per heavy atom. The molecule has 0 aromatic heterocycles. The number of hydrogen-bond acceptors (Lipinski definition) is 2. The fraction of sp³-hybridized carbons (Fsp3) is 0.375. The van der Waals surface area contributed by atoms with E-state index in [2.05, 4.69) is 37.8 Å². The largest absolute Gasteiger partial charge is 0.489 e. The van der Waals surface area contributed by atoms with Crippen LogP contribution in [0.4, 0.5) is 0 Å². The van der Waals surface area contributed by atoms with E-state index in [1.54, 1.807) is 0 Å². The Morgan fingerprint density at radius 3 is 2.28 bits per heavy atom. The van der Waals surface area contributed by atoms with Crippen molar-refractivity contribution in [2.45, 2.75) is 39.4 Å². The van der Waals surface area contributed by atoms with Gasteiger partial charge in [0.1, 0.15) is 18.1 Å². The van der Waals surface area contributed by atoms with E-state index in [1.807, 2.05) is 19.9 Å².